The number of para-hydroxylation sites is 1. The molecule has 0 heterocycles. The molecule has 0 aliphatic carbocycles. The lowest BCUT2D eigenvalue weighted by Gasteiger charge is -2.16. The van der Waals surface area contributed by atoms with E-state index in [0.717, 1.165) is 14.8 Å². The molecule has 0 fully saturated rings. The van der Waals surface area contributed by atoms with Crippen LogP contribution in [0.15, 0.2) is 42.5 Å². The highest BCUT2D eigenvalue weighted by Gasteiger charge is 2.16. The highest BCUT2D eigenvalue weighted by Crippen LogP contribution is 2.22. The number of hydrogen-bond donors (Lipinski definition) is 2. The minimum absolute atomic E-state index is 0.192. The van der Waals surface area contributed by atoms with Crippen LogP contribution in [0.25, 0.3) is 0 Å². The van der Waals surface area contributed by atoms with E-state index in [9.17, 15) is 4.79 Å². The molecule has 0 spiro atoms. The molecule has 5 heteroatoms. The summed E-state index contributed by atoms with van der Waals surface area (Å²) in [4.78, 5) is 12.2. The molecule has 0 aromatic heterocycles. The lowest BCUT2D eigenvalue weighted by molar-refractivity contribution is -0.122. The second-order valence-electron chi connectivity index (χ2n) is 4.75. The SMILES string of the molecule is Cc1cc(N)ccc1NC(=O)C(C)Oc1ccccc1I. The van der Waals surface area contributed by atoms with E-state index in [2.05, 4.69) is 27.9 Å². The number of anilines is 2. The molecule has 2 rings (SSSR count). The summed E-state index contributed by atoms with van der Waals surface area (Å²) in [5.41, 5.74) is 8.04. The van der Waals surface area contributed by atoms with Crippen LogP contribution in [0, 0.1) is 10.5 Å². The molecule has 21 heavy (non-hydrogen) atoms. The molecule has 0 bridgehead atoms. The fraction of sp³-hybridized carbons (Fsp3) is 0.188. The lowest BCUT2D eigenvalue weighted by Crippen LogP contribution is -2.30. The third-order valence-corrected chi connectivity index (χ3v) is 3.91. The number of nitrogens with one attached hydrogen (secondary N) is 1. The van der Waals surface area contributed by atoms with Crippen LogP contribution in [0.5, 0.6) is 5.75 Å². The first kappa shape index (κ1) is 15.6. The molecule has 0 radical (unpaired) electrons. The van der Waals surface area contributed by atoms with Crippen molar-refractivity contribution in [3.8, 4) is 5.75 Å². The van der Waals surface area contributed by atoms with Gasteiger partial charge in [0.25, 0.3) is 5.91 Å². The molecule has 4 nitrogen and oxygen atoms in total. The predicted octanol–water partition coefficient (Wildman–Crippen LogP) is 3.59. The molecular formula is C16H17IN2O2. The summed E-state index contributed by atoms with van der Waals surface area (Å²) in [6.45, 7) is 3.63. The average molecular weight is 396 g/mol. The molecule has 0 saturated carbocycles. The number of amides is 1. The van der Waals surface area contributed by atoms with Crippen molar-refractivity contribution in [1.82, 2.24) is 0 Å². The Kier molecular flexibility index (Phi) is 5.06. The highest BCUT2D eigenvalue weighted by molar-refractivity contribution is 14.1. The Balaban J connectivity index is 2.04. The van der Waals surface area contributed by atoms with Crippen molar-refractivity contribution in [2.45, 2.75) is 20.0 Å². The third kappa shape index (κ3) is 4.10. The Morgan fingerprint density at radius 1 is 1.29 bits per heavy atom. The maximum absolute atomic E-state index is 12.2. The summed E-state index contributed by atoms with van der Waals surface area (Å²) in [7, 11) is 0. The number of hydrogen-bond acceptors (Lipinski definition) is 3. The lowest BCUT2D eigenvalue weighted by atomic mass is 10.1. The van der Waals surface area contributed by atoms with E-state index in [1.807, 2.05) is 37.3 Å². The predicted molar refractivity (Wildman–Crippen MR) is 93.5 cm³/mol. The summed E-state index contributed by atoms with van der Waals surface area (Å²) in [5, 5.41) is 2.85. The van der Waals surface area contributed by atoms with E-state index in [1.54, 1.807) is 19.1 Å². The van der Waals surface area contributed by atoms with Crippen LogP contribution in [-0.4, -0.2) is 12.0 Å². The monoisotopic (exact) mass is 396 g/mol. The number of aryl methyl sites for hydroxylation is 1. The van der Waals surface area contributed by atoms with Gasteiger partial charge < -0.3 is 15.8 Å². The molecule has 1 unspecified atom stereocenters. The van der Waals surface area contributed by atoms with Gasteiger partial charge in [0.15, 0.2) is 6.10 Å². The van der Waals surface area contributed by atoms with Gasteiger partial charge in [-0.3, -0.25) is 4.79 Å². The second kappa shape index (κ2) is 6.80. The molecule has 2 aromatic carbocycles. The van der Waals surface area contributed by atoms with Gasteiger partial charge in [0.2, 0.25) is 0 Å². The smallest absolute Gasteiger partial charge is 0.265 e. The average Bonchev–Trinajstić information content (AvgIpc) is 2.44. The van der Waals surface area contributed by atoms with E-state index in [4.69, 9.17) is 10.5 Å². The van der Waals surface area contributed by atoms with Gasteiger partial charge in [0.05, 0.1) is 3.57 Å². The summed E-state index contributed by atoms with van der Waals surface area (Å²) >= 11 is 2.18. The Bertz CT molecular complexity index is 658. The fourth-order valence-electron chi connectivity index (χ4n) is 1.85. The Hall–Kier alpha value is -1.76. The molecule has 0 aliphatic rings. The van der Waals surface area contributed by atoms with Crippen molar-refractivity contribution >= 4 is 39.9 Å². The van der Waals surface area contributed by atoms with Crippen LogP contribution in [0.4, 0.5) is 11.4 Å². The van der Waals surface area contributed by atoms with Crippen molar-refractivity contribution in [3.63, 3.8) is 0 Å². The number of nitrogens with two attached hydrogens (primary N) is 1. The first-order chi connectivity index (χ1) is 9.97. The number of ether oxygens (including phenoxy) is 1. The number of carbonyl (C=O) groups excluding carboxylic acids is 1. The zero-order chi connectivity index (χ0) is 15.4. The van der Waals surface area contributed by atoms with Crippen molar-refractivity contribution in [1.29, 1.82) is 0 Å². The summed E-state index contributed by atoms with van der Waals surface area (Å²) in [6, 6.07) is 13.0. The Morgan fingerprint density at radius 3 is 2.67 bits per heavy atom. The Labute approximate surface area is 137 Å². The number of benzene rings is 2. The van der Waals surface area contributed by atoms with Crippen molar-refractivity contribution in [3.05, 3.63) is 51.6 Å². The van der Waals surface area contributed by atoms with E-state index >= 15 is 0 Å². The van der Waals surface area contributed by atoms with E-state index in [1.165, 1.54) is 0 Å². The molecule has 1 atom stereocenters. The highest BCUT2D eigenvalue weighted by atomic mass is 127. The number of halogens is 1. The van der Waals surface area contributed by atoms with Crippen molar-refractivity contribution in [2.24, 2.45) is 0 Å². The quantitative estimate of drug-likeness (QED) is 0.614. The van der Waals surface area contributed by atoms with Gasteiger partial charge in [0, 0.05) is 11.4 Å². The van der Waals surface area contributed by atoms with Crippen LogP contribution < -0.4 is 15.8 Å². The summed E-state index contributed by atoms with van der Waals surface area (Å²) < 4.78 is 6.67. The van der Waals surface area contributed by atoms with Gasteiger partial charge in [-0.15, -0.1) is 0 Å². The van der Waals surface area contributed by atoms with Gasteiger partial charge in [-0.1, -0.05) is 12.1 Å². The van der Waals surface area contributed by atoms with Crippen LogP contribution >= 0.6 is 22.6 Å². The van der Waals surface area contributed by atoms with Crippen LogP contribution in [0.1, 0.15) is 12.5 Å². The minimum atomic E-state index is -0.585. The molecule has 3 N–H and O–H groups in total. The van der Waals surface area contributed by atoms with Gasteiger partial charge in [0.1, 0.15) is 5.75 Å². The van der Waals surface area contributed by atoms with E-state index in [0.29, 0.717) is 11.4 Å². The molecule has 110 valence electrons. The maximum atomic E-state index is 12.2. The zero-order valence-corrected chi connectivity index (χ0v) is 14.0. The van der Waals surface area contributed by atoms with Crippen molar-refractivity contribution < 1.29 is 9.53 Å². The summed E-state index contributed by atoms with van der Waals surface area (Å²) in [5.74, 6) is 0.511. The van der Waals surface area contributed by atoms with Crippen molar-refractivity contribution in [2.75, 3.05) is 11.1 Å². The minimum Gasteiger partial charge on any atom is -0.480 e. The van der Waals surface area contributed by atoms with Crippen LogP contribution in [-0.2, 0) is 4.79 Å². The molecule has 2 aromatic rings. The van der Waals surface area contributed by atoms with E-state index in [-0.39, 0.29) is 5.91 Å². The molecular weight excluding hydrogens is 379 g/mol. The van der Waals surface area contributed by atoms with Crippen LogP contribution in [0.3, 0.4) is 0 Å². The molecule has 1 amide bonds. The first-order valence-electron chi connectivity index (χ1n) is 6.55. The number of nitrogen functional groups attached to an aromatic ring is 1. The maximum Gasteiger partial charge on any atom is 0.265 e. The Morgan fingerprint density at radius 2 is 2.00 bits per heavy atom. The summed E-state index contributed by atoms with van der Waals surface area (Å²) in [6.07, 6.45) is -0.585. The second-order valence-corrected chi connectivity index (χ2v) is 5.92. The zero-order valence-electron chi connectivity index (χ0n) is 11.9. The number of rotatable bonds is 4. The normalized spacial score (nSPS) is 11.8. The standard InChI is InChI=1S/C16H17IN2O2/c1-10-9-12(18)7-8-14(10)19-16(20)11(2)21-15-6-4-3-5-13(15)17/h3-9,11H,18H2,1-2H3,(H,19,20). The third-order valence-electron chi connectivity index (χ3n) is 3.02. The van der Waals surface area contributed by atoms with E-state index < -0.39 is 6.10 Å². The van der Waals surface area contributed by atoms with Gasteiger partial charge in [-0.2, -0.15) is 0 Å². The van der Waals surface area contributed by atoms with Gasteiger partial charge in [-0.25, -0.2) is 0 Å². The molecule has 0 saturated heterocycles. The van der Waals surface area contributed by atoms with Crippen LogP contribution in [0.2, 0.25) is 0 Å². The number of carbonyl (C=O) groups is 1. The molecule has 0 aliphatic heterocycles. The topological polar surface area (TPSA) is 64.3 Å². The first-order valence-corrected chi connectivity index (χ1v) is 7.63. The van der Waals surface area contributed by atoms with Gasteiger partial charge >= 0.3 is 0 Å². The largest absolute Gasteiger partial charge is 0.480 e. The van der Waals surface area contributed by atoms with Gasteiger partial charge in [-0.05, 0) is 72.3 Å². The fourth-order valence-corrected chi connectivity index (χ4v) is 2.36.